The zero-order valence-corrected chi connectivity index (χ0v) is 10.8. The molecule has 1 aromatic carbocycles. The van der Waals surface area contributed by atoms with Gasteiger partial charge in [-0.05, 0) is 44.0 Å². The maximum Gasteiger partial charge on any atom is 0.261 e. The third-order valence-corrected chi connectivity index (χ3v) is 4.08. The second-order valence-corrected chi connectivity index (χ2v) is 5.22. The van der Waals surface area contributed by atoms with E-state index in [0.717, 1.165) is 21.6 Å². The first-order valence-corrected chi connectivity index (χ1v) is 6.34. The highest BCUT2D eigenvalue weighted by Crippen LogP contribution is 2.21. The lowest BCUT2D eigenvalue weighted by atomic mass is 10.1. The second-order valence-electron chi connectivity index (χ2n) is 4.38. The van der Waals surface area contributed by atoms with E-state index in [9.17, 15) is 4.79 Å². The predicted molar refractivity (Wildman–Crippen MR) is 71.1 cm³/mol. The van der Waals surface area contributed by atoms with Crippen LogP contribution in [-0.4, -0.2) is 9.38 Å². The van der Waals surface area contributed by atoms with Gasteiger partial charge in [-0.1, -0.05) is 0 Å². The van der Waals surface area contributed by atoms with E-state index in [2.05, 4.69) is 18.8 Å². The number of nitrogens with zero attached hydrogens (tertiary/aromatic N) is 2. The summed E-state index contributed by atoms with van der Waals surface area (Å²) in [5.74, 6) is 0. The summed E-state index contributed by atoms with van der Waals surface area (Å²) < 4.78 is 1.71. The van der Waals surface area contributed by atoms with Crippen molar-refractivity contribution in [1.29, 1.82) is 0 Å². The molecule has 2 heterocycles. The molecule has 0 unspecified atom stereocenters. The summed E-state index contributed by atoms with van der Waals surface area (Å²) >= 11 is 1.51. The van der Waals surface area contributed by atoms with E-state index in [1.54, 1.807) is 4.40 Å². The van der Waals surface area contributed by atoms with Crippen molar-refractivity contribution in [3.8, 4) is 0 Å². The standard InChI is InChI=1S/C13H12N2OS/c1-7-4-10-11(5-8(7)2)15-12(16)9(3)6-17-13(15)14-10/h4-6H,1-3H3. The molecule has 0 fully saturated rings. The first-order valence-electron chi connectivity index (χ1n) is 5.46. The molecule has 3 nitrogen and oxygen atoms in total. The zero-order valence-electron chi connectivity index (χ0n) is 9.94. The molecule has 0 saturated heterocycles. The lowest BCUT2D eigenvalue weighted by Crippen LogP contribution is -2.13. The second kappa shape index (κ2) is 3.40. The number of fused-ring (bicyclic) bond motifs is 3. The molecule has 3 aromatic rings. The Balaban J connectivity index is 2.62. The Kier molecular flexibility index (Phi) is 2.10. The molecule has 2 aromatic heterocycles. The Hall–Kier alpha value is -1.68. The van der Waals surface area contributed by atoms with Crippen molar-refractivity contribution in [3.05, 3.63) is 44.6 Å². The molecule has 0 atom stereocenters. The Morgan fingerprint density at radius 1 is 1.12 bits per heavy atom. The van der Waals surface area contributed by atoms with Crippen LogP contribution in [0, 0.1) is 20.8 Å². The van der Waals surface area contributed by atoms with Crippen LogP contribution in [0.2, 0.25) is 0 Å². The van der Waals surface area contributed by atoms with E-state index in [-0.39, 0.29) is 5.56 Å². The summed E-state index contributed by atoms with van der Waals surface area (Å²) in [4.78, 5) is 17.4. The Morgan fingerprint density at radius 3 is 2.59 bits per heavy atom. The van der Waals surface area contributed by atoms with Crippen LogP contribution in [0.5, 0.6) is 0 Å². The van der Waals surface area contributed by atoms with Gasteiger partial charge in [0.05, 0.1) is 11.0 Å². The molecular formula is C13H12N2OS. The van der Waals surface area contributed by atoms with Crippen molar-refractivity contribution in [2.75, 3.05) is 0 Å². The van der Waals surface area contributed by atoms with Crippen LogP contribution in [0.1, 0.15) is 16.7 Å². The van der Waals surface area contributed by atoms with Gasteiger partial charge in [-0.3, -0.25) is 4.79 Å². The minimum absolute atomic E-state index is 0.0319. The van der Waals surface area contributed by atoms with Crippen molar-refractivity contribution >= 4 is 27.3 Å². The smallest absolute Gasteiger partial charge is 0.261 e. The maximum atomic E-state index is 12.1. The molecule has 0 saturated carbocycles. The number of benzene rings is 1. The summed E-state index contributed by atoms with van der Waals surface area (Å²) in [6.07, 6.45) is 0. The highest BCUT2D eigenvalue weighted by Gasteiger charge is 2.10. The van der Waals surface area contributed by atoms with Crippen molar-refractivity contribution in [3.63, 3.8) is 0 Å². The number of hydrogen-bond donors (Lipinski definition) is 0. The highest BCUT2D eigenvalue weighted by molar-refractivity contribution is 7.15. The van der Waals surface area contributed by atoms with Crippen molar-refractivity contribution in [2.45, 2.75) is 20.8 Å². The van der Waals surface area contributed by atoms with Crippen LogP contribution in [0.4, 0.5) is 0 Å². The lowest BCUT2D eigenvalue weighted by Gasteiger charge is -1.99. The third kappa shape index (κ3) is 1.41. The minimum atomic E-state index is 0.0319. The van der Waals surface area contributed by atoms with Gasteiger partial charge < -0.3 is 0 Å². The topological polar surface area (TPSA) is 34.4 Å². The Labute approximate surface area is 102 Å². The van der Waals surface area contributed by atoms with Crippen molar-refractivity contribution in [2.24, 2.45) is 0 Å². The fourth-order valence-corrected chi connectivity index (χ4v) is 2.77. The summed E-state index contributed by atoms with van der Waals surface area (Å²) in [6, 6.07) is 4.08. The van der Waals surface area contributed by atoms with Crippen LogP contribution in [0.25, 0.3) is 16.0 Å². The monoisotopic (exact) mass is 244 g/mol. The minimum Gasteiger partial charge on any atom is -0.269 e. The first kappa shape index (κ1) is 10.5. The van der Waals surface area contributed by atoms with Gasteiger partial charge in [0, 0.05) is 10.9 Å². The van der Waals surface area contributed by atoms with E-state index in [4.69, 9.17) is 0 Å². The number of aromatic nitrogens is 2. The normalized spacial score (nSPS) is 11.5. The number of rotatable bonds is 0. The Morgan fingerprint density at radius 2 is 1.82 bits per heavy atom. The summed E-state index contributed by atoms with van der Waals surface area (Å²) in [6.45, 7) is 5.95. The molecule has 0 aliphatic heterocycles. The molecule has 0 aliphatic rings. The van der Waals surface area contributed by atoms with Gasteiger partial charge in [0.2, 0.25) is 0 Å². The summed E-state index contributed by atoms with van der Waals surface area (Å²) in [5.41, 5.74) is 4.99. The van der Waals surface area contributed by atoms with Gasteiger partial charge in [0.15, 0.2) is 4.96 Å². The molecule has 0 amide bonds. The number of hydrogen-bond acceptors (Lipinski definition) is 3. The lowest BCUT2D eigenvalue weighted by molar-refractivity contribution is 1.14. The van der Waals surface area contributed by atoms with Gasteiger partial charge in [-0.25, -0.2) is 9.38 Å². The maximum absolute atomic E-state index is 12.1. The van der Waals surface area contributed by atoms with Crippen LogP contribution in [0.15, 0.2) is 22.3 Å². The van der Waals surface area contributed by atoms with Crippen LogP contribution in [0.3, 0.4) is 0 Å². The molecule has 0 N–H and O–H groups in total. The average molecular weight is 244 g/mol. The molecule has 17 heavy (non-hydrogen) atoms. The van der Waals surface area contributed by atoms with E-state index in [1.807, 2.05) is 24.4 Å². The van der Waals surface area contributed by atoms with Crippen LogP contribution < -0.4 is 5.56 Å². The van der Waals surface area contributed by atoms with Gasteiger partial charge in [-0.2, -0.15) is 0 Å². The SMILES string of the molecule is Cc1cc2nc3scc(C)c(=O)n3c2cc1C. The van der Waals surface area contributed by atoms with Gasteiger partial charge >= 0.3 is 0 Å². The van der Waals surface area contributed by atoms with E-state index in [1.165, 1.54) is 22.5 Å². The molecule has 0 bridgehead atoms. The summed E-state index contributed by atoms with van der Waals surface area (Å²) in [5, 5.41) is 1.86. The molecule has 0 spiro atoms. The van der Waals surface area contributed by atoms with Crippen molar-refractivity contribution < 1.29 is 0 Å². The fraction of sp³-hybridized carbons (Fsp3) is 0.231. The molecule has 86 valence electrons. The van der Waals surface area contributed by atoms with Crippen molar-refractivity contribution in [1.82, 2.24) is 9.38 Å². The van der Waals surface area contributed by atoms with Gasteiger partial charge in [0.25, 0.3) is 5.56 Å². The number of aryl methyl sites for hydroxylation is 3. The highest BCUT2D eigenvalue weighted by atomic mass is 32.1. The molecule has 4 heteroatoms. The average Bonchev–Trinajstić information content (AvgIpc) is 2.63. The first-order chi connectivity index (χ1) is 8.08. The van der Waals surface area contributed by atoms with E-state index >= 15 is 0 Å². The molecule has 3 rings (SSSR count). The van der Waals surface area contributed by atoms with Crippen LogP contribution >= 0.6 is 11.3 Å². The van der Waals surface area contributed by atoms with E-state index < -0.39 is 0 Å². The molecular weight excluding hydrogens is 232 g/mol. The Bertz CT molecular complexity index is 798. The van der Waals surface area contributed by atoms with Crippen LogP contribution in [-0.2, 0) is 0 Å². The molecule has 0 radical (unpaired) electrons. The van der Waals surface area contributed by atoms with Gasteiger partial charge in [0.1, 0.15) is 0 Å². The van der Waals surface area contributed by atoms with Gasteiger partial charge in [-0.15, -0.1) is 11.3 Å². The quantitative estimate of drug-likeness (QED) is 0.609. The third-order valence-electron chi connectivity index (χ3n) is 3.12. The summed E-state index contributed by atoms with van der Waals surface area (Å²) in [7, 11) is 0. The zero-order chi connectivity index (χ0) is 12.2. The van der Waals surface area contributed by atoms with E-state index in [0.29, 0.717) is 0 Å². The molecule has 0 aliphatic carbocycles. The largest absolute Gasteiger partial charge is 0.269 e. The predicted octanol–water partition coefficient (Wildman–Crippen LogP) is 2.83. The number of imidazole rings is 1. The fourth-order valence-electron chi connectivity index (χ4n) is 1.95.